The summed E-state index contributed by atoms with van der Waals surface area (Å²) in [6, 6.07) is 1.12. The van der Waals surface area contributed by atoms with Crippen LogP contribution >= 0.6 is 34.8 Å². The first-order valence-electron chi connectivity index (χ1n) is 3.34. The maximum Gasteiger partial charge on any atom is 0.586 e. The van der Waals surface area contributed by atoms with Crippen LogP contribution < -0.4 is 9.47 Å². The molecule has 1 heterocycles. The molecule has 0 aliphatic carbocycles. The Labute approximate surface area is 92.3 Å². The fourth-order valence-corrected chi connectivity index (χ4v) is 1.61. The van der Waals surface area contributed by atoms with Crippen molar-refractivity contribution >= 4 is 34.8 Å². The Morgan fingerprint density at radius 2 is 1.71 bits per heavy atom. The summed E-state index contributed by atoms with van der Waals surface area (Å²) in [7, 11) is 0. The summed E-state index contributed by atoms with van der Waals surface area (Å²) in [6.45, 7) is 0. The summed E-state index contributed by atoms with van der Waals surface area (Å²) in [4.78, 5) is 0. The number of alkyl halides is 2. The van der Waals surface area contributed by atoms with Gasteiger partial charge in [-0.3, -0.25) is 0 Å². The van der Waals surface area contributed by atoms with Crippen LogP contribution in [0.15, 0.2) is 6.07 Å². The molecular weight excluding hydrogens is 260 g/mol. The zero-order valence-corrected chi connectivity index (χ0v) is 8.55. The molecule has 0 N–H and O–H groups in total. The van der Waals surface area contributed by atoms with Gasteiger partial charge in [0.25, 0.3) is 0 Å². The van der Waals surface area contributed by atoms with Crippen molar-refractivity contribution < 1.29 is 18.3 Å². The number of halogens is 5. The SMILES string of the molecule is FC1(F)Oc2cc(Cl)c(Cl)c(Cl)c2O1. The maximum atomic E-state index is 12.6. The third-order valence-corrected chi connectivity index (χ3v) is 2.78. The third-order valence-electron chi connectivity index (χ3n) is 1.53. The lowest BCUT2D eigenvalue weighted by molar-refractivity contribution is -0.286. The Kier molecular flexibility index (Phi) is 2.17. The fourth-order valence-electron chi connectivity index (χ4n) is 0.995. The Morgan fingerprint density at radius 3 is 2.36 bits per heavy atom. The second kappa shape index (κ2) is 3.02. The summed E-state index contributed by atoms with van der Waals surface area (Å²) in [5.74, 6) is -0.527. The molecule has 14 heavy (non-hydrogen) atoms. The predicted molar refractivity (Wildman–Crippen MR) is 47.7 cm³/mol. The van der Waals surface area contributed by atoms with Crippen LogP contribution in [0, 0.1) is 0 Å². The van der Waals surface area contributed by atoms with Gasteiger partial charge in [-0.2, -0.15) is 0 Å². The van der Waals surface area contributed by atoms with E-state index in [-0.39, 0.29) is 26.6 Å². The molecule has 0 fully saturated rings. The molecule has 0 spiro atoms. The molecule has 1 aliphatic heterocycles. The first-order chi connectivity index (χ1) is 6.41. The average Bonchev–Trinajstić information content (AvgIpc) is 2.37. The molecule has 0 amide bonds. The van der Waals surface area contributed by atoms with E-state index in [1.54, 1.807) is 0 Å². The van der Waals surface area contributed by atoms with E-state index in [1.165, 1.54) is 0 Å². The minimum Gasteiger partial charge on any atom is -0.395 e. The van der Waals surface area contributed by atoms with Gasteiger partial charge in [0.05, 0.1) is 10.0 Å². The van der Waals surface area contributed by atoms with E-state index in [0.29, 0.717) is 0 Å². The molecular formula is C7HCl3F2O2. The van der Waals surface area contributed by atoms with E-state index in [0.717, 1.165) is 6.07 Å². The summed E-state index contributed by atoms with van der Waals surface area (Å²) in [5.41, 5.74) is 0. The van der Waals surface area contributed by atoms with Crippen molar-refractivity contribution in [2.45, 2.75) is 6.29 Å². The van der Waals surface area contributed by atoms with Crippen LogP contribution in [0.4, 0.5) is 8.78 Å². The Bertz CT molecular complexity index is 408. The first-order valence-corrected chi connectivity index (χ1v) is 4.47. The lowest BCUT2D eigenvalue weighted by Gasteiger charge is -2.04. The molecule has 0 aromatic heterocycles. The Morgan fingerprint density at radius 1 is 1.07 bits per heavy atom. The highest BCUT2D eigenvalue weighted by atomic mass is 35.5. The minimum atomic E-state index is -3.72. The van der Waals surface area contributed by atoms with Gasteiger partial charge in [0.2, 0.25) is 0 Å². The molecule has 0 bridgehead atoms. The average molecular weight is 261 g/mol. The predicted octanol–water partition coefficient (Wildman–Crippen LogP) is 3.97. The molecule has 1 aliphatic rings. The van der Waals surface area contributed by atoms with Gasteiger partial charge < -0.3 is 9.47 Å². The van der Waals surface area contributed by atoms with Crippen LogP contribution in [0.3, 0.4) is 0 Å². The van der Waals surface area contributed by atoms with Crippen molar-refractivity contribution in [2.24, 2.45) is 0 Å². The van der Waals surface area contributed by atoms with Gasteiger partial charge in [0.15, 0.2) is 11.5 Å². The van der Waals surface area contributed by atoms with Crippen LogP contribution in [-0.2, 0) is 0 Å². The van der Waals surface area contributed by atoms with Crippen LogP contribution in [-0.4, -0.2) is 6.29 Å². The van der Waals surface area contributed by atoms with Crippen LogP contribution in [0.2, 0.25) is 15.1 Å². The minimum absolute atomic E-state index is 0.0247. The molecule has 76 valence electrons. The highest BCUT2D eigenvalue weighted by molar-refractivity contribution is 6.48. The number of ether oxygens (including phenoxy) is 2. The van der Waals surface area contributed by atoms with Crippen molar-refractivity contribution in [1.29, 1.82) is 0 Å². The second-order valence-electron chi connectivity index (χ2n) is 2.48. The highest BCUT2D eigenvalue weighted by Gasteiger charge is 2.45. The zero-order valence-electron chi connectivity index (χ0n) is 6.28. The van der Waals surface area contributed by atoms with E-state index in [2.05, 4.69) is 9.47 Å². The first kappa shape index (κ1) is 10.1. The van der Waals surface area contributed by atoms with E-state index < -0.39 is 6.29 Å². The van der Waals surface area contributed by atoms with Crippen LogP contribution in [0.1, 0.15) is 0 Å². The summed E-state index contributed by atoms with van der Waals surface area (Å²) >= 11 is 16.8. The van der Waals surface area contributed by atoms with E-state index >= 15 is 0 Å². The van der Waals surface area contributed by atoms with E-state index in [4.69, 9.17) is 34.8 Å². The van der Waals surface area contributed by atoms with Crippen molar-refractivity contribution in [3.05, 3.63) is 21.1 Å². The lowest BCUT2D eigenvalue weighted by Crippen LogP contribution is -2.26. The van der Waals surface area contributed by atoms with Crippen LogP contribution in [0.5, 0.6) is 11.5 Å². The monoisotopic (exact) mass is 260 g/mol. The number of hydrogen-bond acceptors (Lipinski definition) is 2. The number of fused-ring (bicyclic) bond motifs is 1. The summed E-state index contributed by atoms with van der Waals surface area (Å²) in [6.07, 6.45) is -3.72. The summed E-state index contributed by atoms with van der Waals surface area (Å²) < 4.78 is 33.4. The van der Waals surface area contributed by atoms with Crippen molar-refractivity contribution in [1.82, 2.24) is 0 Å². The van der Waals surface area contributed by atoms with Gasteiger partial charge >= 0.3 is 6.29 Å². The van der Waals surface area contributed by atoms with Crippen LogP contribution in [0.25, 0.3) is 0 Å². The zero-order chi connectivity index (χ0) is 10.5. The van der Waals surface area contributed by atoms with E-state index in [9.17, 15) is 8.78 Å². The van der Waals surface area contributed by atoms with Gasteiger partial charge in [-0.25, -0.2) is 0 Å². The van der Waals surface area contributed by atoms with Crippen molar-refractivity contribution in [2.75, 3.05) is 0 Å². The molecule has 0 unspecified atom stereocenters. The molecule has 0 atom stereocenters. The second-order valence-corrected chi connectivity index (χ2v) is 3.64. The molecule has 2 rings (SSSR count). The smallest absolute Gasteiger partial charge is 0.395 e. The quantitative estimate of drug-likeness (QED) is 0.658. The van der Waals surface area contributed by atoms with Gasteiger partial charge in [-0.1, -0.05) is 34.8 Å². The number of hydrogen-bond donors (Lipinski definition) is 0. The number of rotatable bonds is 0. The van der Waals surface area contributed by atoms with Gasteiger partial charge in [-0.05, 0) is 0 Å². The molecule has 7 heteroatoms. The van der Waals surface area contributed by atoms with Gasteiger partial charge in [-0.15, -0.1) is 8.78 Å². The standard InChI is InChI=1S/C7HCl3F2O2/c8-2-1-3-6(5(10)4(2)9)14-7(11,12)13-3/h1H. The maximum absolute atomic E-state index is 12.6. The Hall–Kier alpha value is -0.450. The Balaban J connectivity index is 2.59. The largest absolute Gasteiger partial charge is 0.586 e. The molecule has 1 aromatic carbocycles. The molecule has 0 radical (unpaired) electrons. The normalized spacial score (nSPS) is 17.2. The van der Waals surface area contributed by atoms with Crippen molar-refractivity contribution in [3.63, 3.8) is 0 Å². The third kappa shape index (κ3) is 1.47. The molecule has 0 saturated heterocycles. The molecule has 2 nitrogen and oxygen atoms in total. The van der Waals surface area contributed by atoms with E-state index in [1.807, 2.05) is 0 Å². The number of benzene rings is 1. The molecule has 0 saturated carbocycles. The molecule has 1 aromatic rings. The van der Waals surface area contributed by atoms with Gasteiger partial charge in [0, 0.05) is 6.07 Å². The lowest BCUT2D eigenvalue weighted by atomic mass is 10.3. The topological polar surface area (TPSA) is 18.5 Å². The summed E-state index contributed by atoms with van der Waals surface area (Å²) in [5, 5.41) is -0.212. The van der Waals surface area contributed by atoms with Crippen molar-refractivity contribution in [3.8, 4) is 11.5 Å². The highest BCUT2D eigenvalue weighted by Crippen LogP contribution is 2.50. The van der Waals surface area contributed by atoms with Gasteiger partial charge in [0.1, 0.15) is 5.02 Å². The fraction of sp³-hybridized carbons (Fsp3) is 0.143.